The fourth-order valence-electron chi connectivity index (χ4n) is 1.75. The molecule has 0 unspecified atom stereocenters. The molecule has 1 aromatic rings. The maximum atomic E-state index is 11.6. The quantitative estimate of drug-likeness (QED) is 0.553. The average molecular weight is 314 g/mol. The van der Waals surface area contributed by atoms with Gasteiger partial charge in [0.25, 0.3) is 6.20 Å². The monoisotopic (exact) mass is 314 g/mol. The van der Waals surface area contributed by atoms with Crippen LogP contribution in [0.25, 0.3) is 5.32 Å². The summed E-state index contributed by atoms with van der Waals surface area (Å²) in [6.45, 7) is 5.76. The average Bonchev–Trinajstić information content (AvgIpc) is 2.96. The Morgan fingerprint density at radius 3 is 2.91 bits per heavy atom. The van der Waals surface area contributed by atoms with Gasteiger partial charge >= 0.3 is 5.97 Å². The lowest BCUT2D eigenvalue weighted by atomic mass is 10.4. The highest BCUT2D eigenvalue weighted by Gasteiger charge is 2.21. The fourth-order valence-corrected chi connectivity index (χ4v) is 1.75. The molecule has 1 aliphatic rings. The van der Waals surface area contributed by atoms with Gasteiger partial charge in [-0.15, -0.1) is 5.01 Å². The molecule has 0 aliphatic carbocycles. The molecule has 1 aliphatic heterocycles. The van der Waals surface area contributed by atoms with Gasteiger partial charge in [-0.3, -0.25) is 4.79 Å². The molecule has 22 heavy (non-hydrogen) atoms. The van der Waals surface area contributed by atoms with E-state index >= 15 is 0 Å². The number of hydrogen-bond acceptors (Lipinski definition) is 8. The van der Waals surface area contributed by atoms with Crippen molar-refractivity contribution < 1.29 is 33.1 Å². The molecule has 0 aromatic carbocycles. The van der Waals surface area contributed by atoms with E-state index in [1.807, 2.05) is 5.01 Å². The van der Waals surface area contributed by atoms with Gasteiger partial charge in [0.2, 0.25) is 11.4 Å². The van der Waals surface area contributed by atoms with Crippen molar-refractivity contribution in [3.05, 3.63) is 11.5 Å². The molecule has 1 aromatic heterocycles. The molecule has 0 bridgehead atoms. The highest BCUT2D eigenvalue weighted by molar-refractivity contribution is 5.90. The number of amides is 1. The van der Waals surface area contributed by atoms with E-state index < -0.39 is 18.2 Å². The maximum absolute atomic E-state index is 11.6. The standard InChI is InChI=1S/C12H18N4O6/c1-3-20-11(17)9(2)21-12(18)13-10-8-16(14-22-10)15-4-6-19-7-5-15/h8-9H,3-7H2,1-2H3/t9-/m0/s1. The van der Waals surface area contributed by atoms with E-state index in [4.69, 9.17) is 18.7 Å². The highest BCUT2D eigenvalue weighted by atomic mass is 16.6. The Labute approximate surface area is 126 Å². The van der Waals surface area contributed by atoms with Gasteiger partial charge in [0.1, 0.15) is 5.88 Å². The Morgan fingerprint density at radius 2 is 2.23 bits per heavy atom. The summed E-state index contributed by atoms with van der Waals surface area (Å²) in [7, 11) is 0. The highest BCUT2D eigenvalue weighted by Crippen LogP contribution is 2.16. The number of hydrogen-bond donors (Lipinski definition) is 0. The molecule has 1 fully saturated rings. The number of nitrogens with zero attached hydrogens (tertiary/aromatic N) is 4. The number of esters is 1. The summed E-state index contributed by atoms with van der Waals surface area (Å²) in [6.07, 6.45) is -0.543. The van der Waals surface area contributed by atoms with Gasteiger partial charge in [0, 0.05) is 0 Å². The third-order valence-corrected chi connectivity index (χ3v) is 2.82. The first-order chi connectivity index (χ1) is 10.6. The molecule has 122 valence electrons. The maximum Gasteiger partial charge on any atom is 0.347 e. The van der Waals surface area contributed by atoms with E-state index in [9.17, 15) is 9.59 Å². The Balaban J connectivity index is 1.84. The Morgan fingerprint density at radius 1 is 1.50 bits per heavy atom. The van der Waals surface area contributed by atoms with Crippen LogP contribution in [0.3, 0.4) is 0 Å². The lowest BCUT2D eigenvalue weighted by molar-refractivity contribution is -0.759. The minimum Gasteiger partial charge on any atom is -0.552 e. The van der Waals surface area contributed by atoms with Gasteiger partial charge in [-0.2, -0.15) is 0 Å². The third-order valence-electron chi connectivity index (χ3n) is 2.82. The normalized spacial score (nSPS) is 16.0. The summed E-state index contributed by atoms with van der Waals surface area (Å²) in [5.74, 6) is -0.653. The van der Waals surface area contributed by atoms with Crippen molar-refractivity contribution in [2.24, 2.45) is 0 Å². The predicted octanol–water partition coefficient (Wildman–Crippen LogP) is 0.0237. The minimum absolute atomic E-state index is 0.0208. The third kappa shape index (κ3) is 4.32. The number of morpholine rings is 1. The van der Waals surface area contributed by atoms with Crippen LogP contribution < -0.4 is 9.80 Å². The van der Waals surface area contributed by atoms with Crippen molar-refractivity contribution in [1.29, 1.82) is 0 Å². The molecule has 10 heteroatoms. The molecule has 1 saturated heterocycles. The van der Waals surface area contributed by atoms with Crippen LogP contribution in [0.2, 0.25) is 0 Å². The molecule has 0 saturated carbocycles. The zero-order valence-corrected chi connectivity index (χ0v) is 12.4. The largest absolute Gasteiger partial charge is 0.552 e. The molecular formula is C12H18N4O6. The molecule has 2 heterocycles. The Bertz CT molecular complexity index is 513. The van der Waals surface area contributed by atoms with E-state index in [0.717, 1.165) is 0 Å². The second kappa shape index (κ2) is 7.59. The van der Waals surface area contributed by atoms with Crippen molar-refractivity contribution in [3.63, 3.8) is 0 Å². The molecular weight excluding hydrogens is 296 g/mol. The summed E-state index contributed by atoms with van der Waals surface area (Å²) in [4.78, 5) is 24.4. The molecule has 2 rings (SSSR count). The first kappa shape index (κ1) is 16.0. The number of carbonyl (C=O) groups excluding carboxylic acids is 2. The molecule has 0 radical (unpaired) electrons. The number of ether oxygens (including phenoxy) is 3. The van der Waals surface area contributed by atoms with Gasteiger partial charge in [0.05, 0.1) is 37.7 Å². The smallest absolute Gasteiger partial charge is 0.347 e. The second-order valence-corrected chi connectivity index (χ2v) is 4.42. The summed E-state index contributed by atoms with van der Waals surface area (Å²) >= 11 is 0. The summed E-state index contributed by atoms with van der Waals surface area (Å²) < 4.78 is 19.7. The lowest BCUT2D eigenvalue weighted by Crippen LogP contribution is -2.62. The van der Waals surface area contributed by atoms with Crippen molar-refractivity contribution in [3.8, 4) is 0 Å². The van der Waals surface area contributed by atoms with E-state index in [-0.39, 0.29) is 12.5 Å². The second-order valence-electron chi connectivity index (χ2n) is 4.42. The topological polar surface area (TPSA) is 109 Å². The first-order valence-electron chi connectivity index (χ1n) is 6.90. The van der Waals surface area contributed by atoms with Crippen LogP contribution in [-0.4, -0.2) is 56.3 Å². The van der Waals surface area contributed by atoms with Crippen molar-refractivity contribution >= 4 is 17.9 Å². The molecule has 0 N–H and O–H groups in total. The van der Waals surface area contributed by atoms with Crippen LogP contribution in [0.4, 0.5) is 10.7 Å². The van der Waals surface area contributed by atoms with Crippen molar-refractivity contribution in [2.45, 2.75) is 20.0 Å². The summed E-state index contributed by atoms with van der Waals surface area (Å²) in [5, 5.41) is 9.21. The van der Waals surface area contributed by atoms with Gasteiger partial charge in [-0.1, -0.05) is 0 Å². The first-order valence-corrected chi connectivity index (χ1v) is 6.90. The zero-order valence-electron chi connectivity index (χ0n) is 12.4. The van der Waals surface area contributed by atoms with Crippen LogP contribution in [0.15, 0.2) is 10.7 Å². The fraction of sp³-hybridized carbons (Fsp3) is 0.667. The lowest BCUT2D eigenvalue weighted by Gasteiger charge is -2.19. The van der Waals surface area contributed by atoms with Crippen LogP contribution in [-0.2, 0) is 19.0 Å². The zero-order chi connectivity index (χ0) is 15.9. The van der Waals surface area contributed by atoms with E-state index in [1.54, 1.807) is 6.92 Å². The number of carbonyl (C=O) groups is 2. The van der Waals surface area contributed by atoms with Gasteiger partial charge in [0.15, 0.2) is 6.10 Å². The molecule has 1 atom stereocenters. The van der Waals surface area contributed by atoms with Gasteiger partial charge in [-0.05, 0) is 13.8 Å². The molecule has 0 spiro atoms. The van der Waals surface area contributed by atoms with Crippen LogP contribution in [0.1, 0.15) is 13.8 Å². The van der Waals surface area contributed by atoms with Crippen molar-refractivity contribution in [1.82, 2.24) is 5.27 Å². The Kier molecular flexibility index (Phi) is 5.53. The van der Waals surface area contributed by atoms with E-state index in [0.29, 0.717) is 26.3 Å². The van der Waals surface area contributed by atoms with E-state index in [1.165, 1.54) is 17.9 Å². The van der Waals surface area contributed by atoms with Gasteiger partial charge in [-0.25, -0.2) is 4.79 Å². The summed E-state index contributed by atoms with van der Waals surface area (Å²) in [5.41, 5.74) is 0. The van der Waals surface area contributed by atoms with Crippen LogP contribution in [0, 0.1) is 0 Å². The number of rotatable bonds is 5. The minimum atomic E-state index is -1.04. The molecule has 1 amide bonds. The number of aromatic nitrogens is 2. The van der Waals surface area contributed by atoms with E-state index in [2.05, 4.69) is 10.6 Å². The summed E-state index contributed by atoms with van der Waals surface area (Å²) in [6, 6.07) is 0. The van der Waals surface area contributed by atoms with Crippen molar-refractivity contribution in [2.75, 3.05) is 37.9 Å². The Hall–Kier alpha value is -2.36. The molecule has 10 nitrogen and oxygen atoms in total. The van der Waals surface area contributed by atoms with Crippen LogP contribution >= 0.6 is 0 Å². The van der Waals surface area contributed by atoms with Crippen LogP contribution in [0.5, 0.6) is 0 Å². The SMILES string of the molecule is CCOC(=O)[C@H](C)OC(=O)[N-]c1c[n+](N2CCOCC2)no1. The predicted molar refractivity (Wildman–Crippen MR) is 71.1 cm³/mol. The van der Waals surface area contributed by atoms with Gasteiger partial charge < -0.3 is 24.1 Å².